The molecular formula is C7H10N2O. The van der Waals surface area contributed by atoms with E-state index in [0.717, 1.165) is 0 Å². The van der Waals surface area contributed by atoms with E-state index in [2.05, 4.69) is 9.97 Å². The molecule has 0 aliphatic carbocycles. The van der Waals surface area contributed by atoms with E-state index in [1.54, 1.807) is 20.8 Å². The second-order valence-electron chi connectivity index (χ2n) is 2.29. The molecule has 0 radical (unpaired) electrons. The highest BCUT2D eigenvalue weighted by atomic mass is 16.3. The molecule has 0 amide bonds. The fourth-order valence-corrected chi connectivity index (χ4v) is 0.878. The van der Waals surface area contributed by atoms with Crippen molar-refractivity contribution < 1.29 is 5.11 Å². The van der Waals surface area contributed by atoms with Crippen LogP contribution in [-0.4, -0.2) is 15.1 Å². The second kappa shape index (κ2) is 2.25. The summed E-state index contributed by atoms with van der Waals surface area (Å²) in [6.07, 6.45) is 0. The zero-order valence-electron chi connectivity index (χ0n) is 6.34. The Morgan fingerprint density at radius 1 is 1.00 bits per heavy atom. The second-order valence-corrected chi connectivity index (χ2v) is 2.29. The molecule has 0 aliphatic rings. The molecular weight excluding hydrogens is 128 g/mol. The van der Waals surface area contributed by atoms with Crippen LogP contribution in [0.25, 0.3) is 0 Å². The Bertz CT molecular complexity index is 235. The van der Waals surface area contributed by atoms with Gasteiger partial charge in [0.25, 0.3) is 0 Å². The van der Waals surface area contributed by atoms with E-state index in [1.165, 1.54) is 0 Å². The van der Waals surface area contributed by atoms with Crippen molar-refractivity contribution in [2.45, 2.75) is 20.8 Å². The standard InChI is InChI=1S/C7H10N2O/c1-4-7(10)5(2)9-6(3)8-4/h10H,1-3H3. The smallest absolute Gasteiger partial charge is 0.158 e. The largest absolute Gasteiger partial charge is 0.504 e. The molecule has 3 heteroatoms. The first kappa shape index (κ1) is 6.99. The lowest BCUT2D eigenvalue weighted by Gasteiger charge is -2.01. The van der Waals surface area contributed by atoms with Gasteiger partial charge in [-0.3, -0.25) is 0 Å². The Morgan fingerprint density at radius 2 is 1.40 bits per heavy atom. The third-order valence-corrected chi connectivity index (χ3v) is 1.34. The minimum atomic E-state index is 0.200. The summed E-state index contributed by atoms with van der Waals surface area (Å²) in [5, 5.41) is 9.21. The van der Waals surface area contributed by atoms with Crippen LogP contribution in [0.1, 0.15) is 17.2 Å². The van der Waals surface area contributed by atoms with E-state index in [-0.39, 0.29) is 5.75 Å². The predicted octanol–water partition coefficient (Wildman–Crippen LogP) is 1.11. The van der Waals surface area contributed by atoms with Crippen LogP contribution in [0.5, 0.6) is 5.75 Å². The Morgan fingerprint density at radius 3 is 1.80 bits per heavy atom. The topological polar surface area (TPSA) is 46.0 Å². The zero-order chi connectivity index (χ0) is 7.72. The first-order valence-corrected chi connectivity index (χ1v) is 3.12. The fourth-order valence-electron chi connectivity index (χ4n) is 0.878. The number of aryl methyl sites for hydroxylation is 3. The normalized spacial score (nSPS) is 9.90. The molecule has 1 heterocycles. The van der Waals surface area contributed by atoms with Crippen LogP contribution in [-0.2, 0) is 0 Å². The molecule has 1 N–H and O–H groups in total. The van der Waals surface area contributed by atoms with Crippen molar-refractivity contribution in [3.63, 3.8) is 0 Å². The van der Waals surface area contributed by atoms with Gasteiger partial charge in [0.2, 0.25) is 0 Å². The summed E-state index contributed by atoms with van der Waals surface area (Å²) in [4.78, 5) is 7.95. The molecule has 3 nitrogen and oxygen atoms in total. The molecule has 1 rings (SSSR count). The minimum Gasteiger partial charge on any atom is -0.504 e. The monoisotopic (exact) mass is 138 g/mol. The van der Waals surface area contributed by atoms with Gasteiger partial charge >= 0.3 is 0 Å². The number of rotatable bonds is 0. The van der Waals surface area contributed by atoms with Crippen molar-refractivity contribution in [1.82, 2.24) is 9.97 Å². The van der Waals surface area contributed by atoms with Crippen LogP contribution < -0.4 is 0 Å². The van der Waals surface area contributed by atoms with Gasteiger partial charge < -0.3 is 5.11 Å². The van der Waals surface area contributed by atoms with Crippen LogP contribution in [0.2, 0.25) is 0 Å². The molecule has 0 bridgehead atoms. The number of aromatic nitrogens is 2. The predicted molar refractivity (Wildman–Crippen MR) is 37.9 cm³/mol. The van der Waals surface area contributed by atoms with E-state index < -0.39 is 0 Å². The van der Waals surface area contributed by atoms with Crippen LogP contribution in [0.3, 0.4) is 0 Å². The third kappa shape index (κ3) is 1.07. The maximum atomic E-state index is 9.21. The quantitative estimate of drug-likeness (QED) is 0.584. The van der Waals surface area contributed by atoms with Crippen molar-refractivity contribution in [3.05, 3.63) is 17.2 Å². The van der Waals surface area contributed by atoms with Gasteiger partial charge in [-0.1, -0.05) is 0 Å². The molecule has 1 aromatic heterocycles. The summed E-state index contributed by atoms with van der Waals surface area (Å²) < 4.78 is 0. The lowest BCUT2D eigenvalue weighted by atomic mass is 10.3. The Hall–Kier alpha value is -1.12. The number of nitrogens with zero attached hydrogens (tertiary/aromatic N) is 2. The van der Waals surface area contributed by atoms with Crippen molar-refractivity contribution in [2.75, 3.05) is 0 Å². The van der Waals surface area contributed by atoms with E-state index in [9.17, 15) is 5.11 Å². The summed E-state index contributed by atoms with van der Waals surface area (Å²) in [7, 11) is 0. The van der Waals surface area contributed by atoms with Crippen molar-refractivity contribution in [3.8, 4) is 5.75 Å². The van der Waals surface area contributed by atoms with E-state index >= 15 is 0 Å². The SMILES string of the molecule is Cc1nc(C)c(O)c(C)n1. The minimum absolute atomic E-state index is 0.200. The molecule has 1 aromatic rings. The van der Waals surface area contributed by atoms with E-state index in [1.807, 2.05) is 0 Å². The lowest BCUT2D eigenvalue weighted by Crippen LogP contribution is -1.94. The number of hydrogen-bond acceptors (Lipinski definition) is 3. The molecule has 0 fully saturated rings. The number of hydrogen-bond donors (Lipinski definition) is 1. The van der Waals surface area contributed by atoms with Gasteiger partial charge in [-0.25, -0.2) is 9.97 Å². The molecule has 0 atom stereocenters. The van der Waals surface area contributed by atoms with Gasteiger partial charge in [0.15, 0.2) is 5.75 Å². The maximum absolute atomic E-state index is 9.21. The van der Waals surface area contributed by atoms with Gasteiger partial charge in [-0.2, -0.15) is 0 Å². The van der Waals surface area contributed by atoms with E-state index in [0.29, 0.717) is 17.2 Å². The van der Waals surface area contributed by atoms with Crippen LogP contribution >= 0.6 is 0 Å². The first-order chi connectivity index (χ1) is 4.61. The van der Waals surface area contributed by atoms with Gasteiger partial charge in [0.1, 0.15) is 5.82 Å². The fraction of sp³-hybridized carbons (Fsp3) is 0.429. The van der Waals surface area contributed by atoms with Gasteiger partial charge in [-0.05, 0) is 20.8 Å². The highest BCUT2D eigenvalue weighted by Crippen LogP contribution is 2.16. The summed E-state index contributed by atoms with van der Waals surface area (Å²) in [5.41, 5.74) is 1.29. The first-order valence-electron chi connectivity index (χ1n) is 3.12. The van der Waals surface area contributed by atoms with E-state index in [4.69, 9.17) is 0 Å². The van der Waals surface area contributed by atoms with Gasteiger partial charge in [0.05, 0.1) is 11.4 Å². The lowest BCUT2D eigenvalue weighted by molar-refractivity contribution is 0.458. The Balaban J connectivity index is 3.31. The summed E-state index contributed by atoms with van der Waals surface area (Å²) in [6, 6.07) is 0. The van der Waals surface area contributed by atoms with Crippen molar-refractivity contribution >= 4 is 0 Å². The van der Waals surface area contributed by atoms with Gasteiger partial charge in [0, 0.05) is 0 Å². The average molecular weight is 138 g/mol. The van der Waals surface area contributed by atoms with Crippen LogP contribution in [0.15, 0.2) is 0 Å². The average Bonchev–Trinajstić information content (AvgIpc) is 1.82. The summed E-state index contributed by atoms with van der Waals surface area (Å²) in [5.74, 6) is 0.901. The number of aromatic hydroxyl groups is 1. The van der Waals surface area contributed by atoms with Crippen LogP contribution in [0.4, 0.5) is 0 Å². The highest BCUT2D eigenvalue weighted by molar-refractivity contribution is 5.29. The van der Waals surface area contributed by atoms with Gasteiger partial charge in [-0.15, -0.1) is 0 Å². The molecule has 54 valence electrons. The molecule has 0 saturated heterocycles. The third-order valence-electron chi connectivity index (χ3n) is 1.34. The molecule has 10 heavy (non-hydrogen) atoms. The molecule has 0 aliphatic heterocycles. The summed E-state index contributed by atoms with van der Waals surface area (Å²) >= 11 is 0. The highest BCUT2D eigenvalue weighted by Gasteiger charge is 2.02. The molecule has 0 aromatic carbocycles. The Kier molecular flexibility index (Phi) is 1.57. The molecule has 0 unspecified atom stereocenters. The zero-order valence-corrected chi connectivity index (χ0v) is 6.34. The summed E-state index contributed by atoms with van der Waals surface area (Å²) in [6.45, 7) is 5.33. The molecule has 0 spiro atoms. The maximum Gasteiger partial charge on any atom is 0.158 e. The molecule has 0 saturated carbocycles. The van der Waals surface area contributed by atoms with Crippen molar-refractivity contribution in [1.29, 1.82) is 0 Å². The van der Waals surface area contributed by atoms with Crippen molar-refractivity contribution in [2.24, 2.45) is 0 Å². The van der Waals surface area contributed by atoms with Crippen LogP contribution in [0, 0.1) is 20.8 Å². The Labute approximate surface area is 59.8 Å².